The van der Waals surface area contributed by atoms with E-state index in [1.807, 2.05) is 24.5 Å². The summed E-state index contributed by atoms with van der Waals surface area (Å²) in [6, 6.07) is 20.9. The molecule has 0 bridgehead atoms. The van der Waals surface area contributed by atoms with Gasteiger partial charge in [-0.1, -0.05) is 74.5 Å². The lowest BCUT2D eigenvalue weighted by atomic mass is 9.85. The van der Waals surface area contributed by atoms with Crippen LogP contribution < -0.4 is 10.6 Å². The van der Waals surface area contributed by atoms with E-state index in [0.717, 1.165) is 24.9 Å². The summed E-state index contributed by atoms with van der Waals surface area (Å²) in [4.78, 5) is 8.85. The highest BCUT2D eigenvalue weighted by Gasteiger charge is 2.20. The lowest BCUT2D eigenvalue weighted by Gasteiger charge is -2.26. The predicted octanol–water partition coefficient (Wildman–Crippen LogP) is 4.19. The highest BCUT2D eigenvalue weighted by atomic mass is 127. The Labute approximate surface area is 190 Å². The molecule has 6 heteroatoms. The molecule has 0 aliphatic carbocycles. The van der Waals surface area contributed by atoms with Crippen LogP contribution in [-0.2, 0) is 18.5 Å². The fourth-order valence-corrected chi connectivity index (χ4v) is 3.11. The van der Waals surface area contributed by atoms with Crippen LogP contribution in [0.5, 0.6) is 0 Å². The topological polar surface area (TPSA) is 54.2 Å². The average Bonchev–Trinajstić information content (AvgIpc) is 3.16. The summed E-state index contributed by atoms with van der Waals surface area (Å²) in [7, 11) is 1.79. The van der Waals surface area contributed by atoms with Gasteiger partial charge in [-0.25, -0.2) is 4.98 Å². The first-order valence-electron chi connectivity index (χ1n) is 9.62. The summed E-state index contributed by atoms with van der Waals surface area (Å²) in [6.07, 6.45) is 3.85. The Morgan fingerprint density at radius 3 is 2.31 bits per heavy atom. The van der Waals surface area contributed by atoms with Gasteiger partial charge in [0.05, 0.1) is 6.54 Å². The summed E-state index contributed by atoms with van der Waals surface area (Å²) in [5.41, 5.74) is 2.57. The quantitative estimate of drug-likeness (QED) is 0.289. The number of hydrogen-bond acceptors (Lipinski definition) is 2. The molecule has 2 aromatic carbocycles. The molecule has 154 valence electrons. The summed E-state index contributed by atoms with van der Waals surface area (Å²) in [6.45, 7) is 6.68. The van der Waals surface area contributed by atoms with E-state index in [1.54, 1.807) is 7.05 Å². The van der Waals surface area contributed by atoms with Crippen molar-refractivity contribution in [2.24, 2.45) is 4.99 Å². The van der Waals surface area contributed by atoms with Gasteiger partial charge in [0.1, 0.15) is 5.82 Å². The van der Waals surface area contributed by atoms with Crippen molar-refractivity contribution in [1.82, 2.24) is 20.2 Å². The average molecular weight is 503 g/mol. The normalized spacial score (nSPS) is 11.6. The number of benzene rings is 2. The first kappa shape index (κ1) is 22.9. The number of nitrogens with one attached hydrogen (secondary N) is 2. The second-order valence-corrected chi connectivity index (χ2v) is 7.49. The Morgan fingerprint density at radius 1 is 1.00 bits per heavy atom. The summed E-state index contributed by atoms with van der Waals surface area (Å²) >= 11 is 0. The highest BCUT2D eigenvalue weighted by Crippen LogP contribution is 2.21. The summed E-state index contributed by atoms with van der Waals surface area (Å²) < 4.78 is 2.16. The number of aromatic nitrogens is 2. The van der Waals surface area contributed by atoms with Gasteiger partial charge >= 0.3 is 0 Å². The maximum Gasteiger partial charge on any atom is 0.191 e. The minimum Gasteiger partial charge on any atom is -0.356 e. The van der Waals surface area contributed by atoms with Crippen LogP contribution in [0.25, 0.3) is 0 Å². The molecule has 1 aromatic heterocycles. The fourth-order valence-electron chi connectivity index (χ4n) is 3.11. The van der Waals surface area contributed by atoms with Gasteiger partial charge in [0.2, 0.25) is 0 Å². The van der Waals surface area contributed by atoms with Crippen molar-refractivity contribution >= 4 is 29.9 Å². The Bertz CT molecular complexity index is 888. The first-order valence-corrected chi connectivity index (χ1v) is 9.62. The molecule has 0 unspecified atom stereocenters. The van der Waals surface area contributed by atoms with Gasteiger partial charge in [-0.05, 0) is 11.1 Å². The Kier molecular flexibility index (Phi) is 8.70. The van der Waals surface area contributed by atoms with Gasteiger partial charge < -0.3 is 15.2 Å². The first-order chi connectivity index (χ1) is 13.6. The number of guanidine groups is 1. The van der Waals surface area contributed by atoms with Crippen LogP contribution in [0.2, 0.25) is 0 Å². The largest absolute Gasteiger partial charge is 0.356 e. The van der Waals surface area contributed by atoms with Crippen LogP contribution in [0.1, 0.15) is 30.8 Å². The zero-order valence-corrected chi connectivity index (χ0v) is 19.6. The van der Waals surface area contributed by atoms with Crippen LogP contribution in [-0.4, -0.2) is 29.1 Å². The van der Waals surface area contributed by atoms with E-state index in [0.29, 0.717) is 6.54 Å². The van der Waals surface area contributed by atoms with Crippen LogP contribution >= 0.6 is 24.0 Å². The standard InChI is InChI=1S/C23H29N5.HI/c1-23(2,20-12-8-5-9-13-20)18-27-22(24-3)26-16-21-25-14-15-28(21)17-19-10-6-4-7-11-19;/h4-15H,16-18H2,1-3H3,(H2,24,26,27);1H. The zero-order chi connectivity index (χ0) is 19.8. The SMILES string of the molecule is CN=C(NCc1nccn1Cc1ccccc1)NCC(C)(C)c1ccccc1.I. The van der Waals surface area contributed by atoms with Crippen LogP contribution in [0.15, 0.2) is 78.0 Å². The van der Waals surface area contributed by atoms with Crippen molar-refractivity contribution in [2.45, 2.75) is 32.4 Å². The van der Waals surface area contributed by atoms with Crippen LogP contribution in [0.3, 0.4) is 0 Å². The van der Waals surface area contributed by atoms with E-state index in [1.165, 1.54) is 11.1 Å². The lowest BCUT2D eigenvalue weighted by Crippen LogP contribution is -2.43. The smallest absolute Gasteiger partial charge is 0.191 e. The monoisotopic (exact) mass is 503 g/mol. The minimum atomic E-state index is 0. The molecule has 29 heavy (non-hydrogen) atoms. The molecule has 1 heterocycles. The van der Waals surface area contributed by atoms with Gasteiger partial charge in [0.15, 0.2) is 5.96 Å². The molecule has 0 aliphatic heterocycles. The maximum atomic E-state index is 4.49. The zero-order valence-electron chi connectivity index (χ0n) is 17.3. The van der Waals surface area contributed by atoms with Gasteiger partial charge in [-0.3, -0.25) is 4.99 Å². The third-order valence-corrected chi connectivity index (χ3v) is 4.89. The Balaban J connectivity index is 0.00000300. The molecule has 0 aliphatic rings. The van der Waals surface area contributed by atoms with Crippen molar-refractivity contribution in [1.29, 1.82) is 0 Å². The molecular formula is C23H30IN5. The number of nitrogens with zero attached hydrogens (tertiary/aromatic N) is 3. The molecule has 0 saturated heterocycles. The number of halogens is 1. The molecule has 3 rings (SSSR count). The Hall–Kier alpha value is -2.35. The molecule has 0 fully saturated rings. The van der Waals surface area contributed by atoms with Crippen LogP contribution in [0.4, 0.5) is 0 Å². The minimum absolute atomic E-state index is 0. The fraction of sp³-hybridized carbons (Fsp3) is 0.304. The van der Waals surface area contributed by atoms with E-state index in [-0.39, 0.29) is 29.4 Å². The molecule has 3 aromatic rings. The number of hydrogen-bond donors (Lipinski definition) is 2. The molecular weight excluding hydrogens is 473 g/mol. The van der Waals surface area contributed by atoms with Gasteiger partial charge in [-0.15, -0.1) is 24.0 Å². The third-order valence-electron chi connectivity index (χ3n) is 4.89. The van der Waals surface area contributed by atoms with E-state index in [2.05, 4.69) is 87.6 Å². The van der Waals surface area contributed by atoms with Crippen molar-refractivity contribution in [3.63, 3.8) is 0 Å². The molecule has 0 spiro atoms. The van der Waals surface area contributed by atoms with E-state index in [9.17, 15) is 0 Å². The third kappa shape index (κ3) is 6.59. The van der Waals surface area contributed by atoms with E-state index in [4.69, 9.17) is 0 Å². The maximum absolute atomic E-state index is 4.49. The number of imidazole rings is 1. The Morgan fingerprint density at radius 2 is 1.66 bits per heavy atom. The molecule has 0 amide bonds. The van der Waals surface area contributed by atoms with Gasteiger partial charge in [0, 0.05) is 37.9 Å². The van der Waals surface area contributed by atoms with Crippen LogP contribution in [0, 0.1) is 0 Å². The van der Waals surface area contributed by atoms with Gasteiger partial charge in [-0.2, -0.15) is 0 Å². The second-order valence-electron chi connectivity index (χ2n) is 7.49. The summed E-state index contributed by atoms with van der Waals surface area (Å²) in [5, 5.41) is 6.82. The molecule has 5 nitrogen and oxygen atoms in total. The second kappa shape index (κ2) is 11.0. The lowest BCUT2D eigenvalue weighted by molar-refractivity contribution is 0.508. The molecule has 0 atom stereocenters. The molecule has 0 radical (unpaired) electrons. The molecule has 0 saturated carbocycles. The number of rotatable bonds is 7. The van der Waals surface area contributed by atoms with Crippen molar-refractivity contribution in [3.8, 4) is 0 Å². The van der Waals surface area contributed by atoms with Crippen molar-refractivity contribution in [2.75, 3.05) is 13.6 Å². The predicted molar refractivity (Wildman–Crippen MR) is 131 cm³/mol. The van der Waals surface area contributed by atoms with E-state index < -0.39 is 0 Å². The number of aliphatic imine (C=N–C) groups is 1. The van der Waals surface area contributed by atoms with Crippen molar-refractivity contribution < 1.29 is 0 Å². The molecule has 2 N–H and O–H groups in total. The summed E-state index contributed by atoms with van der Waals surface area (Å²) in [5.74, 6) is 1.76. The highest BCUT2D eigenvalue weighted by molar-refractivity contribution is 14.0. The van der Waals surface area contributed by atoms with E-state index >= 15 is 0 Å². The van der Waals surface area contributed by atoms with Crippen molar-refractivity contribution in [3.05, 3.63) is 90.0 Å². The van der Waals surface area contributed by atoms with Gasteiger partial charge in [0.25, 0.3) is 0 Å².